The first-order valence-corrected chi connectivity index (χ1v) is 5.01. The molecule has 2 N–H and O–H groups in total. The summed E-state index contributed by atoms with van der Waals surface area (Å²) in [5.74, 6) is 0. The average Bonchev–Trinajstić information content (AvgIpc) is 2.27. The summed E-state index contributed by atoms with van der Waals surface area (Å²) in [6.07, 6.45) is 2.54. The maximum Gasteiger partial charge on any atom is 0.319 e. The van der Waals surface area contributed by atoms with Crippen molar-refractivity contribution < 1.29 is 4.79 Å². The molecule has 3 heteroatoms. The van der Waals surface area contributed by atoms with Crippen LogP contribution in [-0.2, 0) is 6.42 Å². The van der Waals surface area contributed by atoms with E-state index in [0.29, 0.717) is 6.54 Å². The maximum absolute atomic E-state index is 11.4. The zero-order valence-corrected chi connectivity index (χ0v) is 8.92. The molecule has 15 heavy (non-hydrogen) atoms. The van der Waals surface area contributed by atoms with Crippen LogP contribution in [0.4, 0.5) is 10.5 Å². The third-order valence-electron chi connectivity index (χ3n) is 2.05. The number of carbonyl (C=O) groups excluding carboxylic acids is 1. The van der Waals surface area contributed by atoms with E-state index in [1.165, 1.54) is 0 Å². The second-order valence-corrected chi connectivity index (χ2v) is 3.13. The number of amides is 2. The molecule has 0 aromatic heterocycles. The van der Waals surface area contributed by atoms with Crippen LogP contribution >= 0.6 is 0 Å². The maximum atomic E-state index is 11.4. The summed E-state index contributed by atoms with van der Waals surface area (Å²) in [5.41, 5.74) is 1.99. The summed E-state index contributed by atoms with van der Waals surface area (Å²) in [6, 6.07) is 7.57. The van der Waals surface area contributed by atoms with Gasteiger partial charge in [-0.15, -0.1) is 6.58 Å². The second-order valence-electron chi connectivity index (χ2n) is 3.13. The molecule has 0 fully saturated rings. The number of carbonyl (C=O) groups is 1. The minimum Gasteiger partial charge on any atom is -0.334 e. The van der Waals surface area contributed by atoms with E-state index < -0.39 is 0 Å². The number of urea groups is 1. The zero-order chi connectivity index (χ0) is 11.1. The second kappa shape index (κ2) is 5.86. The lowest BCUT2D eigenvalue weighted by Crippen LogP contribution is -2.28. The molecule has 1 rings (SSSR count). The van der Waals surface area contributed by atoms with E-state index in [9.17, 15) is 4.79 Å². The molecule has 0 saturated carbocycles. The number of nitrogens with one attached hydrogen (secondary N) is 2. The van der Waals surface area contributed by atoms with Gasteiger partial charge in [0.15, 0.2) is 0 Å². The third kappa shape index (κ3) is 3.46. The number of aryl methyl sites for hydroxylation is 1. The molecule has 3 nitrogen and oxygen atoms in total. The molecular weight excluding hydrogens is 188 g/mol. The fourth-order valence-corrected chi connectivity index (χ4v) is 1.28. The summed E-state index contributed by atoms with van der Waals surface area (Å²) >= 11 is 0. The van der Waals surface area contributed by atoms with E-state index in [1.807, 2.05) is 24.3 Å². The Hall–Kier alpha value is -1.77. The molecule has 0 spiro atoms. The molecule has 0 bridgehead atoms. The van der Waals surface area contributed by atoms with Gasteiger partial charge in [-0.25, -0.2) is 4.79 Å². The van der Waals surface area contributed by atoms with Crippen molar-refractivity contribution in [3.05, 3.63) is 42.5 Å². The van der Waals surface area contributed by atoms with Crippen molar-refractivity contribution in [2.24, 2.45) is 0 Å². The summed E-state index contributed by atoms with van der Waals surface area (Å²) in [7, 11) is 0. The van der Waals surface area contributed by atoms with Gasteiger partial charge in [-0.3, -0.25) is 0 Å². The Kier molecular flexibility index (Phi) is 4.41. The Bertz CT molecular complexity index is 347. The highest BCUT2D eigenvalue weighted by molar-refractivity contribution is 5.90. The van der Waals surface area contributed by atoms with Crippen LogP contribution in [-0.4, -0.2) is 12.6 Å². The molecule has 0 aliphatic carbocycles. The molecule has 0 aliphatic rings. The van der Waals surface area contributed by atoms with Crippen LogP contribution in [0.25, 0.3) is 0 Å². The van der Waals surface area contributed by atoms with E-state index in [2.05, 4.69) is 24.1 Å². The standard InChI is InChI=1S/C12H16N2O/c1-3-9-13-12(15)14-11-8-6-5-7-10(11)4-2/h3,5-8H,1,4,9H2,2H3,(H2,13,14,15). The van der Waals surface area contributed by atoms with Gasteiger partial charge in [-0.05, 0) is 18.1 Å². The van der Waals surface area contributed by atoms with E-state index >= 15 is 0 Å². The lowest BCUT2D eigenvalue weighted by Gasteiger charge is -2.09. The number of rotatable bonds is 4. The summed E-state index contributed by atoms with van der Waals surface area (Å²) in [5, 5.41) is 5.46. The van der Waals surface area contributed by atoms with Crippen LogP contribution in [0.1, 0.15) is 12.5 Å². The van der Waals surface area contributed by atoms with Crippen molar-refractivity contribution >= 4 is 11.7 Å². The molecule has 0 radical (unpaired) electrons. The van der Waals surface area contributed by atoms with Gasteiger partial charge in [0.2, 0.25) is 0 Å². The van der Waals surface area contributed by atoms with E-state index in [1.54, 1.807) is 6.08 Å². The SMILES string of the molecule is C=CCNC(=O)Nc1ccccc1CC. The average molecular weight is 204 g/mol. The van der Waals surface area contributed by atoms with Gasteiger partial charge < -0.3 is 10.6 Å². The van der Waals surface area contributed by atoms with Crippen LogP contribution in [0.2, 0.25) is 0 Å². The van der Waals surface area contributed by atoms with Crippen molar-refractivity contribution in [3.8, 4) is 0 Å². The van der Waals surface area contributed by atoms with Crippen LogP contribution in [0.5, 0.6) is 0 Å². The fraction of sp³-hybridized carbons (Fsp3) is 0.250. The Labute approximate surface area is 90.2 Å². The monoisotopic (exact) mass is 204 g/mol. The third-order valence-corrected chi connectivity index (χ3v) is 2.05. The van der Waals surface area contributed by atoms with E-state index in [-0.39, 0.29) is 6.03 Å². The Morgan fingerprint density at radius 2 is 2.20 bits per heavy atom. The van der Waals surface area contributed by atoms with Gasteiger partial charge in [0.25, 0.3) is 0 Å². The number of benzene rings is 1. The van der Waals surface area contributed by atoms with Gasteiger partial charge >= 0.3 is 6.03 Å². The molecule has 0 saturated heterocycles. The van der Waals surface area contributed by atoms with Crippen LogP contribution < -0.4 is 10.6 Å². The highest BCUT2D eigenvalue weighted by Crippen LogP contribution is 2.14. The van der Waals surface area contributed by atoms with Crippen molar-refractivity contribution in [2.45, 2.75) is 13.3 Å². The molecule has 0 unspecified atom stereocenters. The Balaban J connectivity index is 2.63. The van der Waals surface area contributed by atoms with Crippen molar-refractivity contribution in [2.75, 3.05) is 11.9 Å². The van der Waals surface area contributed by atoms with Crippen molar-refractivity contribution in [3.63, 3.8) is 0 Å². The fourth-order valence-electron chi connectivity index (χ4n) is 1.28. The van der Waals surface area contributed by atoms with E-state index in [0.717, 1.165) is 17.7 Å². The van der Waals surface area contributed by atoms with Gasteiger partial charge in [0.05, 0.1) is 0 Å². The number of hydrogen-bond acceptors (Lipinski definition) is 1. The summed E-state index contributed by atoms with van der Waals surface area (Å²) in [4.78, 5) is 11.4. The van der Waals surface area contributed by atoms with Gasteiger partial charge in [0, 0.05) is 12.2 Å². The molecule has 1 aromatic carbocycles. The summed E-state index contributed by atoms with van der Waals surface area (Å²) in [6.45, 7) is 6.06. The molecule has 0 aliphatic heterocycles. The highest BCUT2D eigenvalue weighted by atomic mass is 16.2. The topological polar surface area (TPSA) is 41.1 Å². The minimum absolute atomic E-state index is 0.198. The Morgan fingerprint density at radius 1 is 1.47 bits per heavy atom. The lowest BCUT2D eigenvalue weighted by molar-refractivity contribution is 0.253. The van der Waals surface area contributed by atoms with Gasteiger partial charge in [-0.2, -0.15) is 0 Å². The highest BCUT2D eigenvalue weighted by Gasteiger charge is 2.03. The van der Waals surface area contributed by atoms with Crippen LogP contribution in [0.3, 0.4) is 0 Å². The number of para-hydroxylation sites is 1. The first-order valence-electron chi connectivity index (χ1n) is 5.01. The quantitative estimate of drug-likeness (QED) is 0.727. The molecular formula is C12H16N2O. The van der Waals surface area contributed by atoms with Gasteiger partial charge in [-0.1, -0.05) is 31.2 Å². The summed E-state index contributed by atoms with van der Waals surface area (Å²) < 4.78 is 0. The molecule has 2 amide bonds. The number of hydrogen-bond donors (Lipinski definition) is 2. The molecule has 1 aromatic rings. The first-order chi connectivity index (χ1) is 7.27. The van der Waals surface area contributed by atoms with E-state index in [4.69, 9.17) is 0 Å². The smallest absolute Gasteiger partial charge is 0.319 e. The molecule has 0 atom stereocenters. The van der Waals surface area contributed by atoms with Crippen LogP contribution in [0.15, 0.2) is 36.9 Å². The van der Waals surface area contributed by atoms with Crippen LogP contribution in [0, 0.1) is 0 Å². The normalized spacial score (nSPS) is 9.40. The number of anilines is 1. The first kappa shape index (κ1) is 11.3. The molecule has 0 heterocycles. The van der Waals surface area contributed by atoms with Crippen molar-refractivity contribution in [1.82, 2.24) is 5.32 Å². The Morgan fingerprint density at radius 3 is 2.87 bits per heavy atom. The molecule has 80 valence electrons. The lowest BCUT2D eigenvalue weighted by atomic mass is 10.1. The minimum atomic E-state index is -0.198. The predicted octanol–water partition coefficient (Wildman–Crippen LogP) is 2.56. The predicted molar refractivity (Wildman–Crippen MR) is 63.0 cm³/mol. The largest absolute Gasteiger partial charge is 0.334 e. The van der Waals surface area contributed by atoms with Gasteiger partial charge in [0.1, 0.15) is 0 Å². The zero-order valence-electron chi connectivity index (χ0n) is 8.92. The van der Waals surface area contributed by atoms with Crippen molar-refractivity contribution in [1.29, 1.82) is 0 Å².